The van der Waals surface area contributed by atoms with Gasteiger partial charge in [0.2, 0.25) is 11.3 Å². The molecule has 1 unspecified atom stereocenters. The number of nitrogens with zero attached hydrogens (tertiary/aromatic N) is 1. The summed E-state index contributed by atoms with van der Waals surface area (Å²) in [6, 6.07) is 10.3. The van der Waals surface area contributed by atoms with Crippen LogP contribution in [0.3, 0.4) is 0 Å². The lowest BCUT2D eigenvalue weighted by molar-refractivity contribution is 0.204. The van der Waals surface area contributed by atoms with Crippen molar-refractivity contribution in [3.05, 3.63) is 35.9 Å². The fraction of sp³-hybridized carbons (Fsp3) is 0.538. The number of piperidine rings is 1. The van der Waals surface area contributed by atoms with Crippen LogP contribution in [0.2, 0.25) is 0 Å². The molecule has 2 rings (SSSR count). The quantitative estimate of drug-likeness (QED) is 0.817. The fourth-order valence-electron chi connectivity index (χ4n) is 2.82. The van der Waals surface area contributed by atoms with Gasteiger partial charge in [-0.25, -0.2) is 8.51 Å². The predicted octanol–water partition coefficient (Wildman–Crippen LogP) is 1.50. The molecule has 0 aromatic heterocycles. The lowest BCUT2D eigenvalue weighted by atomic mass is 9.69. The Balaban J connectivity index is 2.24. The zero-order valence-electron chi connectivity index (χ0n) is 10.6. The van der Waals surface area contributed by atoms with E-state index in [1.807, 2.05) is 25.1 Å². The summed E-state index contributed by atoms with van der Waals surface area (Å²) in [5, 5.41) is 0. The molecule has 0 aliphatic carbocycles. The topological polar surface area (TPSA) is 66.6 Å². The summed E-state index contributed by atoms with van der Waals surface area (Å²) in [6.45, 7) is 3.25. The maximum absolute atomic E-state index is 11.1. The molecule has 100 valence electrons. The third-order valence-corrected chi connectivity index (χ3v) is 4.86. The second-order valence-corrected chi connectivity index (χ2v) is 5.95. The zero-order chi connectivity index (χ0) is 13.2. The van der Waals surface area contributed by atoms with Crippen LogP contribution in [0.25, 0.3) is 0 Å². The number of rotatable bonds is 3. The highest BCUT2D eigenvalue weighted by Crippen LogP contribution is 2.38. The molecule has 1 aliphatic heterocycles. The molecule has 0 saturated carbocycles. The lowest BCUT2D eigenvalue weighted by Gasteiger charge is -2.43. The van der Waals surface area contributed by atoms with Gasteiger partial charge in [-0.2, -0.15) is 0 Å². The van der Waals surface area contributed by atoms with Crippen LogP contribution in [0.15, 0.2) is 30.3 Å². The number of hydrogen-bond acceptors (Lipinski definition) is 2. The minimum absolute atomic E-state index is 0.0363. The van der Waals surface area contributed by atoms with Crippen molar-refractivity contribution < 1.29 is 8.76 Å². The van der Waals surface area contributed by atoms with Crippen molar-refractivity contribution in [2.75, 3.05) is 13.1 Å². The van der Waals surface area contributed by atoms with Gasteiger partial charge in [0.05, 0.1) is 0 Å². The maximum atomic E-state index is 11.1. The molecule has 1 aromatic rings. The average molecular weight is 268 g/mol. The van der Waals surface area contributed by atoms with Gasteiger partial charge in [0, 0.05) is 24.5 Å². The molecule has 1 heterocycles. The molecule has 0 amide bonds. The van der Waals surface area contributed by atoms with Crippen molar-refractivity contribution in [2.45, 2.75) is 31.2 Å². The van der Waals surface area contributed by atoms with Crippen LogP contribution in [0.1, 0.15) is 25.3 Å². The van der Waals surface area contributed by atoms with E-state index in [1.54, 1.807) is 4.31 Å². The molecule has 1 fully saturated rings. The van der Waals surface area contributed by atoms with E-state index in [-0.39, 0.29) is 11.5 Å². The fourth-order valence-corrected chi connectivity index (χ4v) is 3.31. The Bertz CT molecular complexity index is 414. The second kappa shape index (κ2) is 5.48. The van der Waals surface area contributed by atoms with Crippen molar-refractivity contribution in [1.29, 1.82) is 0 Å². The maximum Gasteiger partial charge on any atom is 0.234 e. The molecule has 0 spiro atoms. The minimum Gasteiger partial charge on any atom is -0.327 e. The molecule has 0 radical (unpaired) electrons. The van der Waals surface area contributed by atoms with Crippen LogP contribution >= 0.6 is 0 Å². The van der Waals surface area contributed by atoms with Crippen molar-refractivity contribution in [1.82, 2.24) is 4.31 Å². The van der Waals surface area contributed by atoms with E-state index < -0.39 is 11.3 Å². The molecule has 18 heavy (non-hydrogen) atoms. The highest BCUT2D eigenvalue weighted by molar-refractivity contribution is 7.76. The molecule has 1 saturated heterocycles. The Kier molecular flexibility index (Phi) is 4.17. The molecule has 4 nitrogen and oxygen atoms in total. The second-order valence-electron chi connectivity index (χ2n) is 4.97. The van der Waals surface area contributed by atoms with Crippen molar-refractivity contribution in [3.63, 3.8) is 0 Å². The largest absolute Gasteiger partial charge is 0.327 e. The summed E-state index contributed by atoms with van der Waals surface area (Å²) in [6.07, 6.45) is 1.64. The number of hydrogen-bond donors (Lipinski definition) is 2. The van der Waals surface area contributed by atoms with Crippen molar-refractivity contribution in [2.24, 2.45) is 5.73 Å². The summed E-state index contributed by atoms with van der Waals surface area (Å²) in [7, 11) is 0. The third kappa shape index (κ3) is 2.49. The van der Waals surface area contributed by atoms with Crippen LogP contribution in [0.4, 0.5) is 0 Å². The van der Waals surface area contributed by atoms with E-state index in [0.29, 0.717) is 13.1 Å². The summed E-state index contributed by atoms with van der Waals surface area (Å²) in [5.41, 5.74) is 7.37. The highest BCUT2D eigenvalue weighted by Gasteiger charge is 2.40. The van der Waals surface area contributed by atoms with Crippen LogP contribution < -0.4 is 5.73 Å². The zero-order valence-corrected chi connectivity index (χ0v) is 11.4. The average Bonchev–Trinajstić information content (AvgIpc) is 2.39. The Hall–Kier alpha value is -0.750. The number of nitrogens with two attached hydrogens (primary N) is 1. The minimum atomic E-state index is -1.86. The molecule has 3 N–H and O–H groups in total. The lowest BCUT2D eigenvalue weighted by Crippen LogP contribution is -2.51. The molecular formula is C13H20N2O2S. The van der Waals surface area contributed by atoms with Gasteiger partial charge in [-0.1, -0.05) is 30.3 Å². The standard InChI is InChI=1S/C13H20N2O2S/c1-11(14)13(12-5-3-2-4-6-12)7-9-15(10-8-13)18(16)17/h2-6,11H,7-10,14H2,1H3,(H,16,17)/t11-/m0/s1. The van der Waals surface area contributed by atoms with Gasteiger partial charge in [-0.15, -0.1) is 0 Å². The molecule has 0 bridgehead atoms. The Morgan fingerprint density at radius 1 is 1.33 bits per heavy atom. The van der Waals surface area contributed by atoms with Gasteiger partial charge < -0.3 is 5.73 Å². The molecule has 2 atom stereocenters. The highest BCUT2D eigenvalue weighted by atomic mass is 32.2. The van der Waals surface area contributed by atoms with Gasteiger partial charge in [0.15, 0.2) is 0 Å². The first-order chi connectivity index (χ1) is 8.56. The van der Waals surface area contributed by atoms with E-state index in [0.717, 1.165) is 12.8 Å². The van der Waals surface area contributed by atoms with E-state index in [1.165, 1.54) is 5.56 Å². The molecule has 5 heteroatoms. The Morgan fingerprint density at radius 2 is 1.89 bits per heavy atom. The smallest absolute Gasteiger partial charge is 0.234 e. The normalized spacial score (nSPS) is 23.5. The van der Waals surface area contributed by atoms with Gasteiger partial charge in [-0.05, 0) is 25.3 Å². The Labute approximate surface area is 111 Å². The van der Waals surface area contributed by atoms with E-state index in [2.05, 4.69) is 12.1 Å². The summed E-state index contributed by atoms with van der Waals surface area (Å²) in [5.74, 6) is 0. The van der Waals surface area contributed by atoms with Crippen molar-refractivity contribution >= 4 is 11.3 Å². The van der Waals surface area contributed by atoms with Gasteiger partial charge in [0.25, 0.3) is 0 Å². The molecule has 1 aliphatic rings. The Morgan fingerprint density at radius 3 is 2.33 bits per heavy atom. The van der Waals surface area contributed by atoms with Crippen molar-refractivity contribution in [3.8, 4) is 0 Å². The van der Waals surface area contributed by atoms with Crippen LogP contribution in [0.5, 0.6) is 0 Å². The van der Waals surface area contributed by atoms with Gasteiger partial charge in [-0.3, -0.25) is 4.55 Å². The number of benzene rings is 1. The third-order valence-electron chi connectivity index (χ3n) is 4.06. The van der Waals surface area contributed by atoms with Crippen LogP contribution in [-0.2, 0) is 16.7 Å². The van der Waals surface area contributed by atoms with Gasteiger partial charge >= 0.3 is 0 Å². The van der Waals surface area contributed by atoms with Crippen LogP contribution in [-0.4, -0.2) is 32.2 Å². The molecular weight excluding hydrogens is 248 g/mol. The van der Waals surface area contributed by atoms with Crippen LogP contribution in [0, 0.1) is 0 Å². The summed E-state index contributed by atoms with van der Waals surface area (Å²) >= 11 is -1.86. The monoisotopic (exact) mass is 268 g/mol. The van der Waals surface area contributed by atoms with E-state index >= 15 is 0 Å². The predicted molar refractivity (Wildman–Crippen MR) is 73.3 cm³/mol. The van der Waals surface area contributed by atoms with E-state index in [4.69, 9.17) is 10.3 Å². The van der Waals surface area contributed by atoms with E-state index in [9.17, 15) is 4.21 Å². The molecule has 1 aromatic carbocycles. The van der Waals surface area contributed by atoms with Gasteiger partial charge in [0.1, 0.15) is 0 Å². The summed E-state index contributed by atoms with van der Waals surface area (Å²) in [4.78, 5) is 0. The summed E-state index contributed by atoms with van der Waals surface area (Å²) < 4.78 is 21.8. The first-order valence-electron chi connectivity index (χ1n) is 6.23. The first-order valence-corrected chi connectivity index (χ1v) is 7.30. The first kappa shape index (κ1) is 13.7. The SMILES string of the molecule is C[C@H](N)C1(c2ccccc2)CCN(S(=O)O)CC1.